The standard InChI is InChI=1S/C19H21N3O/c1-14(12-13-15-8-4-3-5-9-15)20-19(23)18-16-10-6-7-11-17(16)22(2)21-18/h3-11,14H,12-13H2,1-2H3,(H,20,23). The van der Waals surface area contributed by atoms with Gasteiger partial charge in [0.2, 0.25) is 0 Å². The van der Waals surface area contributed by atoms with Crippen molar-refractivity contribution in [2.24, 2.45) is 7.05 Å². The Kier molecular flexibility index (Phi) is 4.42. The van der Waals surface area contributed by atoms with Crippen molar-refractivity contribution in [3.8, 4) is 0 Å². The number of aryl methyl sites for hydroxylation is 2. The molecule has 0 fully saturated rings. The van der Waals surface area contributed by atoms with Crippen molar-refractivity contribution >= 4 is 16.8 Å². The third-order valence-corrected chi connectivity index (χ3v) is 4.06. The van der Waals surface area contributed by atoms with Crippen LogP contribution in [0.25, 0.3) is 10.9 Å². The van der Waals surface area contributed by atoms with Gasteiger partial charge in [0.05, 0.1) is 5.52 Å². The van der Waals surface area contributed by atoms with Gasteiger partial charge in [-0.1, -0.05) is 48.5 Å². The summed E-state index contributed by atoms with van der Waals surface area (Å²) < 4.78 is 1.75. The number of amides is 1. The van der Waals surface area contributed by atoms with E-state index in [4.69, 9.17) is 0 Å². The Labute approximate surface area is 136 Å². The van der Waals surface area contributed by atoms with E-state index in [9.17, 15) is 4.79 Å². The van der Waals surface area contributed by atoms with E-state index in [2.05, 4.69) is 22.5 Å². The third kappa shape index (κ3) is 3.42. The molecular formula is C19H21N3O. The zero-order valence-corrected chi connectivity index (χ0v) is 13.5. The summed E-state index contributed by atoms with van der Waals surface area (Å²) in [6.45, 7) is 2.03. The van der Waals surface area contributed by atoms with E-state index in [-0.39, 0.29) is 11.9 Å². The summed E-state index contributed by atoms with van der Waals surface area (Å²) in [6, 6.07) is 18.2. The molecule has 0 aliphatic carbocycles. The van der Waals surface area contributed by atoms with Gasteiger partial charge in [-0.05, 0) is 31.4 Å². The summed E-state index contributed by atoms with van der Waals surface area (Å²) in [6.07, 6.45) is 1.85. The number of fused-ring (bicyclic) bond motifs is 1. The zero-order valence-electron chi connectivity index (χ0n) is 13.5. The van der Waals surface area contributed by atoms with E-state index in [0.717, 1.165) is 23.7 Å². The molecule has 0 spiro atoms. The van der Waals surface area contributed by atoms with Crippen LogP contribution >= 0.6 is 0 Å². The van der Waals surface area contributed by atoms with Crippen LogP contribution in [-0.4, -0.2) is 21.7 Å². The van der Waals surface area contributed by atoms with Crippen LogP contribution in [0.3, 0.4) is 0 Å². The second-order valence-electron chi connectivity index (χ2n) is 5.89. The van der Waals surface area contributed by atoms with Crippen LogP contribution in [-0.2, 0) is 13.5 Å². The van der Waals surface area contributed by atoms with Crippen molar-refractivity contribution in [3.05, 3.63) is 65.9 Å². The molecule has 23 heavy (non-hydrogen) atoms. The average Bonchev–Trinajstić information content (AvgIpc) is 2.91. The Morgan fingerprint density at radius 2 is 1.83 bits per heavy atom. The lowest BCUT2D eigenvalue weighted by Crippen LogP contribution is -2.33. The smallest absolute Gasteiger partial charge is 0.272 e. The second-order valence-corrected chi connectivity index (χ2v) is 5.89. The van der Waals surface area contributed by atoms with Gasteiger partial charge in [-0.3, -0.25) is 9.48 Å². The molecule has 0 saturated heterocycles. The molecule has 0 bridgehead atoms. The molecule has 3 rings (SSSR count). The minimum atomic E-state index is -0.109. The van der Waals surface area contributed by atoms with Gasteiger partial charge in [-0.15, -0.1) is 0 Å². The molecule has 1 amide bonds. The minimum absolute atomic E-state index is 0.100. The van der Waals surface area contributed by atoms with E-state index < -0.39 is 0 Å². The fraction of sp³-hybridized carbons (Fsp3) is 0.263. The molecule has 1 unspecified atom stereocenters. The number of aromatic nitrogens is 2. The van der Waals surface area contributed by atoms with Gasteiger partial charge in [-0.25, -0.2) is 0 Å². The highest BCUT2D eigenvalue weighted by atomic mass is 16.2. The Hall–Kier alpha value is -2.62. The molecule has 4 heteroatoms. The van der Waals surface area contributed by atoms with Crippen molar-refractivity contribution in [1.29, 1.82) is 0 Å². The molecule has 0 saturated carbocycles. The molecule has 0 aliphatic heterocycles. The fourth-order valence-electron chi connectivity index (χ4n) is 2.77. The topological polar surface area (TPSA) is 46.9 Å². The first-order chi connectivity index (χ1) is 11.1. The Morgan fingerprint density at radius 1 is 1.13 bits per heavy atom. The lowest BCUT2D eigenvalue weighted by Gasteiger charge is -2.13. The molecule has 4 nitrogen and oxygen atoms in total. The SMILES string of the molecule is CC(CCc1ccccc1)NC(=O)c1nn(C)c2ccccc12. The maximum atomic E-state index is 12.5. The van der Waals surface area contributed by atoms with Crippen molar-refractivity contribution < 1.29 is 4.79 Å². The number of hydrogen-bond donors (Lipinski definition) is 1. The highest BCUT2D eigenvalue weighted by Gasteiger charge is 2.17. The van der Waals surface area contributed by atoms with Gasteiger partial charge < -0.3 is 5.32 Å². The highest BCUT2D eigenvalue weighted by molar-refractivity contribution is 6.04. The number of carbonyl (C=O) groups excluding carboxylic acids is 1. The van der Waals surface area contributed by atoms with Gasteiger partial charge in [0.25, 0.3) is 5.91 Å². The number of nitrogens with one attached hydrogen (secondary N) is 1. The van der Waals surface area contributed by atoms with Crippen molar-refractivity contribution in [2.45, 2.75) is 25.8 Å². The fourth-order valence-corrected chi connectivity index (χ4v) is 2.77. The maximum Gasteiger partial charge on any atom is 0.272 e. The first-order valence-corrected chi connectivity index (χ1v) is 7.91. The summed E-state index contributed by atoms with van der Waals surface area (Å²) >= 11 is 0. The quantitative estimate of drug-likeness (QED) is 0.786. The van der Waals surface area contributed by atoms with E-state index in [1.54, 1.807) is 4.68 Å². The molecule has 1 atom stereocenters. The van der Waals surface area contributed by atoms with Crippen LogP contribution in [0.2, 0.25) is 0 Å². The second kappa shape index (κ2) is 6.65. The maximum absolute atomic E-state index is 12.5. The van der Waals surface area contributed by atoms with Crippen LogP contribution in [0.1, 0.15) is 29.4 Å². The molecule has 1 heterocycles. The normalized spacial score (nSPS) is 12.3. The number of hydrogen-bond acceptors (Lipinski definition) is 2. The van der Waals surface area contributed by atoms with Crippen LogP contribution < -0.4 is 5.32 Å². The molecule has 118 valence electrons. The zero-order chi connectivity index (χ0) is 16.2. The van der Waals surface area contributed by atoms with Crippen molar-refractivity contribution in [1.82, 2.24) is 15.1 Å². The summed E-state index contributed by atoms with van der Waals surface area (Å²) in [5.41, 5.74) is 2.75. The lowest BCUT2D eigenvalue weighted by molar-refractivity contribution is 0.0934. The summed E-state index contributed by atoms with van der Waals surface area (Å²) in [7, 11) is 1.86. The third-order valence-electron chi connectivity index (χ3n) is 4.06. The number of benzene rings is 2. The van der Waals surface area contributed by atoms with E-state index in [1.165, 1.54) is 5.56 Å². The summed E-state index contributed by atoms with van der Waals surface area (Å²) in [4.78, 5) is 12.5. The first kappa shape index (κ1) is 15.3. The highest BCUT2D eigenvalue weighted by Crippen LogP contribution is 2.17. The summed E-state index contributed by atoms with van der Waals surface area (Å²) in [5, 5.41) is 8.31. The Balaban J connectivity index is 1.66. The van der Waals surface area contributed by atoms with Gasteiger partial charge >= 0.3 is 0 Å². The van der Waals surface area contributed by atoms with Crippen LogP contribution in [0.4, 0.5) is 0 Å². The number of rotatable bonds is 5. The largest absolute Gasteiger partial charge is 0.348 e. The Bertz CT molecular complexity index is 808. The lowest BCUT2D eigenvalue weighted by atomic mass is 10.1. The Morgan fingerprint density at radius 3 is 2.61 bits per heavy atom. The number of nitrogens with zero attached hydrogens (tertiary/aromatic N) is 2. The average molecular weight is 307 g/mol. The molecule has 3 aromatic rings. The van der Waals surface area contributed by atoms with Crippen LogP contribution in [0, 0.1) is 0 Å². The first-order valence-electron chi connectivity index (χ1n) is 7.91. The predicted octanol–water partition coefficient (Wildman–Crippen LogP) is 3.32. The molecule has 2 aromatic carbocycles. The van der Waals surface area contributed by atoms with Gasteiger partial charge in [-0.2, -0.15) is 5.10 Å². The number of para-hydroxylation sites is 1. The van der Waals surface area contributed by atoms with E-state index in [1.807, 2.05) is 56.4 Å². The van der Waals surface area contributed by atoms with Crippen LogP contribution in [0.15, 0.2) is 54.6 Å². The monoisotopic (exact) mass is 307 g/mol. The van der Waals surface area contributed by atoms with Gasteiger partial charge in [0.15, 0.2) is 5.69 Å². The molecule has 1 aromatic heterocycles. The van der Waals surface area contributed by atoms with Gasteiger partial charge in [0, 0.05) is 18.5 Å². The van der Waals surface area contributed by atoms with Crippen molar-refractivity contribution in [3.63, 3.8) is 0 Å². The molecular weight excluding hydrogens is 286 g/mol. The predicted molar refractivity (Wildman–Crippen MR) is 92.4 cm³/mol. The van der Waals surface area contributed by atoms with Gasteiger partial charge in [0.1, 0.15) is 0 Å². The summed E-state index contributed by atoms with van der Waals surface area (Å²) in [5.74, 6) is -0.109. The van der Waals surface area contributed by atoms with Crippen LogP contribution in [0.5, 0.6) is 0 Å². The minimum Gasteiger partial charge on any atom is -0.348 e. The number of carbonyl (C=O) groups is 1. The van der Waals surface area contributed by atoms with E-state index in [0.29, 0.717) is 5.69 Å². The molecule has 0 aliphatic rings. The molecule has 1 N–H and O–H groups in total. The van der Waals surface area contributed by atoms with Crippen molar-refractivity contribution in [2.75, 3.05) is 0 Å². The molecule has 0 radical (unpaired) electrons. The van der Waals surface area contributed by atoms with E-state index >= 15 is 0 Å².